The minimum Gasteiger partial charge on any atom is -0.468 e. The van der Waals surface area contributed by atoms with E-state index in [2.05, 4.69) is 5.32 Å². The van der Waals surface area contributed by atoms with Gasteiger partial charge in [-0.2, -0.15) is 0 Å². The van der Waals surface area contributed by atoms with Gasteiger partial charge in [0.15, 0.2) is 0 Å². The van der Waals surface area contributed by atoms with Crippen molar-refractivity contribution in [1.82, 2.24) is 5.32 Å². The zero-order chi connectivity index (χ0) is 11.8. The smallest absolute Gasteiger partial charge is 0.325 e. The molecule has 1 aliphatic rings. The van der Waals surface area contributed by atoms with Gasteiger partial charge >= 0.3 is 5.97 Å². The van der Waals surface area contributed by atoms with Crippen molar-refractivity contribution in [1.29, 1.82) is 0 Å². The third kappa shape index (κ3) is 5.44. The van der Waals surface area contributed by atoms with Crippen LogP contribution in [0.25, 0.3) is 0 Å². The largest absolute Gasteiger partial charge is 0.468 e. The number of rotatable bonds is 9. The van der Waals surface area contributed by atoms with Crippen LogP contribution < -0.4 is 5.32 Å². The van der Waals surface area contributed by atoms with Crippen molar-refractivity contribution in [3.63, 3.8) is 0 Å². The summed E-state index contributed by atoms with van der Waals surface area (Å²) in [7, 11) is 1.39. The van der Waals surface area contributed by atoms with Gasteiger partial charge in [0.05, 0.1) is 26.9 Å². The zero-order valence-electron chi connectivity index (χ0n) is 10.0. The van der Waals surface area contributed by atoms with Gasteiger partial charge in [0.1, 0.15) is 6.04 Å². The van der Waals surface area contributed by atoms with Crippen molar-refractivity contribution in [2.45, 2.75) is 31.8 Å². The Morgan fingerprint density at radius 2 is 2.06 bits per heavy atom. The maximum absolute atomic E-state index is 11.4. The molecule has 1 saturated carbocycles. The van der Waals surface area contributed by atoms with Crippen molar-refractivity contribution in [3.8, 4) is 0 Å². The molecule has 5 nitrogen and oxygen atoms in total. The van der Waals surface area contributed by atoms with Gasteiger partial charge in [0.2, 0.25) is 0 Å². The summed E-state index contributed by atoms with van der Waals surface area (Å²) in [4.78, 5) is 11.4. The summed E-state index contributed by atoms with van der Waals surface area (Å²) in [5.74, 6) is -0.261. The van der Waals surface area contributed by atoms with E-state index in [1.54, 1.807) is 0 Å². The number of esters is 1. The summed E-state index contributed by atoms with van der Waals surface area (Å²) in [6, 6.07) is 0.110. The quantitative estimate of drug-likeness (QED) is 0.458. The molecule has 1 atom stereocenters. The lowest BCUT2D eigenvalue weighted by atomic mass is 10.3. The molecule has 0 aromatic rings. The number of ether oxygens (including phenoxy) is 3. The minimum atomic E-state index is -0.348. The normalized spacial score (nSPS) is 17.1. The minimum absolute atomic E-state index is 0.261. The van der Waals surface area contributed by atoms with Crippen LogP contribution in [0.5, 0.6) is 0 Å². The van der Waals surface area contributed by atoms with Crippen LogP contribution in [0.4, 0.5) is 0 Å². The van der Waals surface area contributed by atoms with Gasteiger partial charge in [-0.15, -0.1) is 0 Å². The van der Waals surface area contributed by atoms with Crippen molar-refractivity contribution in [3.05, 3.63) is 0 Å². The second kappa shape index (κ2) is 7.60. The molecule has 94 valence electrons. The van der Waals surface area contributed by atoms with E-state index in [0.717, 1.165) is 12.8 Å². The third-order valence-electron chi connectivity index (χ3n) is 2.36. The Labute approximate surface area is 96.4 Å². The lowest BCUT2D eigenvalue weighted by Crippen LogP contribution is -2.42. The topological polar surface area (TPSA) is 56.8 Å². The number of methoxy groups -OCH3 is 1. The van der Waals surface area contributed by atoms with Crippen molar-refractivity contribution in [2.75, 3.05) is 33.5 Å². The first-order valence-electron chi connectivity index (χ1n) is 5.77. The second-order valence-corrected chi connectivity index (χ2v) is 3.79. The van der Waals surface area contributed by atoms with Crippen LogP contribution in [0.1, 0.15) is 19.8 Å². The number of nitrogens with one attached hydrogen (secondary N) is 1. The number of carbonyl (C=O) groups excluding carboxylic acids is 1. The molecular weight excluding hydrogens is 210 g/mol. The molecule has 0 aromatic carbocycles. The van der Waals surface area contributed by atoms with E-state index in [4.69, 9.17) is 14.2 Å². The lowest BCUT2D eigenvalue weighted by molar-refractivity contribution is -0.145. The van der Waals surface area contributed by atoms with E-state index < -0.39 is 0 Å². The predicted molar refractivity (Wildman–Crippen MR) is 59.3 cm³/mol. The first-order chi connectivity index (χ1) is 7.77. The van der Waals surface area contributed by atoms with Crippen LogP contribution in [0.2, 0.25) is 0 Å². The fourth-order valence-electron chi connectivity index (χ4n) is 1.32. The molecule has 0 aromatic heterocycles. The highest BCUT2D eigenvalue weighted by atomic mass is 16.5. The molecule has 1 fully saturated rings. The maximum Gasteiger partial charge on any atom is 0.325 e. The maximum atomic E-state index is 11.4. The molecule has 1 unspecified atom stereocenters. The van der Waals surface area contributed by atoms with Gasteiger partial charge in [-0.05, 0) is 19.8 Å². The molecule has 0 radical (unpaired) electrons. The molecule has 16 heavy (non-hydrogen) atoms. The van der Waals surface area contributed by atoms with Gasteiger partial charge in [-0.25, -0.2) is 0 Å². The van der Waals surface area contributed by atoms with Crippen molar-refractivity contribution >= 4 is 5.97 Å². The fourth-order valence-corrected chi connectivity index (χ4v) is 1.32. The summed E-state index contributed by atoms with van der Waals surface area (Å²) in [6.45, 7) is 4.04. The standard InChI is InChI=1S/C11H21NO4/c1-3-15-6-7-16-8-10(11(13)14-2)12-9-4-5-9/h9-10,12H,3-8H2,1-2H3. The molecule has 0 heterocycles. The molecule has 1 aliphatic carbocycles. The molecule has 5 heteroatoms. The van der Waals surface area contributed by atoms with E-state index in [1.807, 2.05) is 6.92 Å². The molecular formula is C11H21NO4. The molecule has 0 bridgehead atoms. The Kier molecular flexibility index (Phi) is 6.37. The zero-order valence-corrected chi connectivity index (χ0v) is 10.0. The summed E-state index contributed by atoms with van der Waals surface area (Å²) >= 11 is 0. The SMILES string of the molecule is CCOCCOCC(NC1CC1)C(=O)OC. The number of carbonyl (C=O) groups is 1. The number of hydrogen-bond donors (Lipinski definition) is 1. The summed E-state index contributed by atoms with van der Waals surface area (Å²) in [6.07, 6.45) is 2.26. The van der Waals surface area contributed by atoms with E-state index in [1.165, 1.54) is 7.11 Å². The average Bonchev–Trinajstić information content (AvgIpc) is 3.10. The second-order valence-electron chi connectivity index (χ2n) is 3.79. The molecule has 0 aliphatic heterocycles. The van der Waals surface area contributed by atoms with Gasteiger partial charge in [-0.3, -0.25) is 10.1 Å². The predicted octanol–water partition coefficient (Wildman–Crippen LogP) is 0.333. The van der Waals surface area contributed by atoms with Gasteiger partial charge in [-0.1, -0.05) is 0 Å². The molecule has 0 spiro atoms. The Morgan fingerprint density at radius 3 is 2.62 bits per heavy atom. The summed E-state index contributed by atoms with van der Waals surface area (Å²) < 4.78 is 15.2. The summed E-state index contributed by atoms with van der Waals surface area (Å²) in [5.41, 5.74) is 0. The van der Waals surface area contributed by atoms with E-state index in [-0.39, 0.29) is 12.0 Å². The van der Waals surface area contributed by atoms with Crippen molar-refractivity contribution in [2.24, 2.45) is 0 Å². The Hall–Kier alpha value is -0.650. The highest BCUT2D eigenvalue weighted by Crippen LogP contribution is 2.19. The van der Waals surface area contributed by atoms with Crippen LogP contribution in [-0.4, -0.2) is 51.6 Å². The van der Waals surface area contributed by atoms with Crippen LogP contribution in [0, 0.1) is 0 Å². The Balaban J connectivity index is 2.13. The van der Waals surface area contributed by atoms with Crippen LogP contribution in [0.3, 0.4) is 0 Å². The fraction of sp³-hybridized carbons (Fsp3) is 0.909. The summed E-state index contributed by atoms with van der Waals surface area (Å²) in [5, 5.41) is 3.19. The van der Waals surface area contributed by atoms with Gasteiger partial charge in [0.25, 0.3) is 0 Å². The van der Waals surface area contributed by atoms with Gasteiger partial charge < -0.3 is 14.2 Å². The van der Waals surface area contributed by atoms with Gasteiger partial charge in [0, 0.05) is 12.6 Å². The van der Waals surface area contributed by atoms with E-state index in [9.17, 15) is 4.79 Å². The molecule has 1 rings (SSSR count). The molecule has 0 saturated heterocycles. The highest BCUT2D eigenvalue weighted by molar-refractivity contribution is 5.75. The Bertz CT molecular complexity index is 206. The first-order valence-corrected chi connectivity index (χ1v) is 5.77. The van der Waals surface area contributed by atoms with E-state index >= 15 is 0 Å². The number of hydrogen-bond acceptors (Lipinski definition) is 5. The molecule has 0 amide bonds. The van der Waals surface area contributed by atoms with Crippen LogP contribution >= 0.6 is 0 Å². The monoisotopic (exact) mass is 231 g/mol. The van der Waals surface area contributed by atoms with Crippen LogP contribution in [0.15, 0.2) is 0 Å². The van der Waals surface area contributed by atoms with E-state index in [0.29, 0.717) is 32.5 Å². The first kappa shape index (κ1) is 13.4. The Morgan fingerprint density at radius 1 is 1.38 bits per heavy atom. The van der Waals surface area contributed by atoms with Crippen molar-refractivity contribution < 1.29 is 19.0 Å². The molecule has 1 N–H and O–H groups in total. The third-order valence-corrected chi connectivity index (χ3v) is 2.36. The highest BCUT2D eigenvalue weighted by Gasteiger charge is 2.28. The average molecular weight is 231 g/mol. The lowest BCUT2D eigenvalue weighted by Gasteiger charge is -2.16. The van der Waals surface area contributed by atoms with Crippen LogP contribution in [-0.2, 0) is 19.0 Å².